The number of hydrogen-bond donors (Lipinski definition) is 0. The van der Waals surface area contributed by atoms with Crippen LogP contribution < -0.4 is 0 Å². The lowest BCUT2D eigenvalue weighted by atomic mass is 10.4. The number of rotatable bonds is 4. The lowest BCUT2D eigenvalue weighted by Crippen LogP contribution is -2.32. The Kier molecular flexibility index (Phi) is 3.86. The van der Waals surface area contributed by atoms with Crippen molar-refractivity contribution in [2.45, 2.75) is 30.3 Å². The summed E-state index contributed by atoms with van der Waals surface area (Å²) < 4.78 is 14.5. The Bertz CT molecular complexity index is 380. The van der Waals surface area contributed by atoms with E-state index in [1.54, 1.807) is 23.1 Å². The van der Waals surface area contributed by atoms with Crippen molar-refractivity contribution >= 4 is 29.0 Å². The third kappa shape index (κ3) is 2.77. The average Bonchev–Trinajstić information content (AvgIpc) is 2.78. The molecule has 1 unspecified atom stereocenters. The van der Waals surface area contributed by atoms with E-state index in [9.17, 15) is 9.18 Å². The Hall–Kier alpha value is -0.550. The van der Waals surface area contributed by atoms with Gasteiger partial charge in [0.2, 0.25) is 5.91 Å². The van der Waals surface area contributed by atoms with E-state index in [2.05, 4.69) is 18.4 Å². The van der Waals surface area contributed by atoms with E-state index in [1.807, 2.05) is 0 Å². The minimum Gasteiger partial charge on any atom is -0.312 e. The van der Waals surface area contributed by atoms with Crippen molar-refractivity contribution in [1.29, 1.82) is 0 Å². The van der Waals surface area contributed by atoms with Crippen molar-refractivity contribution in [3.63, 3.8) is 0 Å². The van der Waals surface area contributed by atoms with Gasteiger partial charge in [0.25, 0.3) is 0 Å². The van der Waals surface area contributed by atoms with Crippen LogP contribution in [0.4, 0.5) is 4.39 Å². The Morgan fingerprint density at radius 3 is 3.06 bits per heavy atom. The number of nitrogens with zero attached hydrogens (tertiary/aromatic N) is 1. The van der Waals surface area contributed by atoms with E-state index in [4.69, 9.17) is 0 Å². The van der Waals surface area contributed by atoms with Crippen LogP contribution in [0, 0.1) is 6.92 Å². The van der Waals surface area contributed by atoms with Gasteiger partial charge in [0.05, 0.1) is 4.21 Å². The quantitative estimate of drug-likeness (QED) is 0.612. The molecule has 16 heavy (non-hydrogen) atoms. The van der Waals surface area contributed by atoms with Gasteiger partial charge >= 0.3 is 0 Å². The standard InChI is InChI=1S/C11H14FNOS2/c1-8-6-11(16-7-8)15-5-4-13-9(12)2-3-10(13)14/h6-7,9H,2-5H2,1H3. The molecular weight excluding hydrogens is 245 g/mol. The molecule has 1 atom stereocenters. The Morgan fingerprint density at radius 2 is 2.50 bits per heavy atom. The van der Waals surface area contributed by atoms with E-state index in [0.717, 1.165) is 5.75 Å². The molecule has 0 aromatic carbocycles. The number of thioether (sulfide) groups is 1. The predicted octanol–water partition coefficient (Wildman–Crippen LogP) is 3.07. The van der Waals surface area contributed by atoms with Gasteiger partial charge in [-0.3, -0.25) is 4.79 Å². The molecule has 2 heterocycles. The highest BCUT2D eigenvalue weighted by atomic mass is 32.2. The number of aryl methyl sites for hydroxylation is 1. The van der Waals surface area contributed by atoms with E-state index < -0.39 is 6.30 Å². The lowest BCUT2D eigenvalue weighted by molar-refractivity contribution is -0.130. The lowest BCUT2D eigenvalue weighted by Gasteiger charge is -2.17. The van der Waals surface area contributed by atoms with E-state index in [1.165, 1.54) is 14.7 Å². The first-order valence-corrected chi connectivity index (χ1v) is 7.15. The van der Waals surface area contributed by atoms with Crippen LogP contribution in [0.1, 0.15) is 18.4 Å². The van der Waals surface area contributed by atoms with Crippen LogP contribution in [0.25, 0.3) is 0 Å². The van der Waals surface area contributed by atoms with Crippen molar-refractivity contribution in [1.82, 2.24) is 4.90 Å². The zero-order valence-corrected chi connectivity index (χ0v) is 10.7. The molecule has 1 amide bonds. The number of amides is 1. The third-order valence-corrected chi connectivity index (χ3v) is 4.81. The van der Waals surface area contributed by atoms with Crippen LogP contribution in [0.2, 0.25) is 0 Å². The summed E-state index contributed by atoms with van der Waals surface area (Å²) in [6, 6.07) is 2.12. The highest BCUT2D eigenvalue weighted by Gasteiger charge is 2.29. The monoisotopic (exact) mass is 259 g/mol. The molecule has 5 heteroatoms. The molecule has 1 aromatic heterocycles. The number of thiophene rings is 1. The molecule has 0 saturated carbocycles. The molecule has 0 radical (unpaired) electrons. The first kappa shape index (κ1) is 11.9. The molecule has 1 aliphatic heterocycles. The van der Waals surface area contributed by atoms with Crippen LogP contribution in [0.3, 0.4) is 0 Å². The fourth-order valence-electron chi connectivity index (χ4n) is 1.69. The molecule has 88 valence electrons. The Balaban J connectivity index is 1.77. The highest BCUT2D eigenvalue weighted by molar-refractivity contribution is 8.01. The molecular formula is C11H14FNOS2. The first-order chi connectivity index (χ1) is 7.66. The molecule has 0 aliphatic carbocycles. The number of likely N-dealkylation sites (tertiary alicyclic amines) is 1. The summed E-state index contributed by atoms with van der Waals surface area (Å²) in [5.74, 6) is 0.724. The zero-order chi connectivity index (χ0) is 11.5. The van der Waals surface area contributed by atoms with Gasteiger partial charge in [0.15, 0.2) is 6.30 Å². The van der Waals surface area contributed by atoms with Crippen LogP contribution in [0.5, 0.6) is 0 Å². The largest absolute Gasteiger partial charge is 0.312 e. The summed E-state index contributed by atoms with van der Waals surface area (Å²) in [6.45, 7) is 2.57. The van der Waals surface area contributed by atoms with Gasteiger partial charge in [-0.1, -0.05) is 0 Å². The Morgan fingerprint density at radius 1 is 1.69 bits per heavy atom. The second-order valence-electron chi connectivity index (χ2n) is 3.85. The topological polar surface area (TPSA) is 20.3 Å². The van der Waals surface area contributed by atoms with Crippen molar-refractivity contribution in [3.05, 3.63) is 17.0 Å². The summed E-state index contributed by atoms with van der Waals surface area (Å²) in [4.78, 5) is 12.7. The smallest absolute Gasteiger partial charge is 0.225 e. The van der Waals surface area contributed by atoms with Crippen LogP contribution in [-0.4, -0.2) is 29.4 Å². The van der Waals surface area contributed by atoms with Gasteiger partial charge in [0, 0.05) is 25.1 Å². The first-order valence-electron chi connectivity index (χ1n) is 5.28. The maximum absolute atomic E-state index is 13.3. The SMILES string of the molecule is Cc1csc(SCCN2C(=O)CCC2F)c1. The fourth-order valence-corrected chi connectivity index (χ4v) is 3.74. The van der Waals surface area contributed by atoms with Crippen molar-refractivity contribution in [3.8, 4) is 0 Å². The fraction of sp³-hybridized carbons (Fsp3) is 0.545. The number of halogens is 1. The van der Waals surface area contributed by atoms with E-state index in [0.29, 0.717) is 19.4 Å². The molecule has 1 aromatic rings. The van der Waals surface area contributed by atoms with Crippen molar-refractivity contribution in [2.75, 3.05) is 12.3 Å². The van der Waals surface area contributed by atoms with Gasteiger partial charge in [-0.25, -0.2) is 4.39 Å². The summed E-state index contributed by atoms with van der Waals surface area (Å²) in [7, 11) is 0. The molecule has 1 aliphatic rings. The normalized spacial score (nSPS) is 20.8. The minimum absolute atomic E-state index is 0.0459. The number of alkyl halides is 1. The molecule has 0 spiro atoms. The third-order valence-electron chi connectivity index (χ3n) is 2.54. The van der Waals surface area contributed by atoms with Gasteiger partial charge in [0.1, 0.15) is 0 Å². The second-order valence-corrected chi connectivity index (χ2v) is 6.16. The summed E-state index contributed by atoms with van der Waals surface area (Å²) in [5.41, 5.74) is 1.26. The maximum Gasteiger partial charge on any atom is 0.225 e. The maximum atomic E-state index is 13.3. The molecule has 0 N–H and O–H groups in total. The minimum atomic E-state index is -1.06. The van der Waals surface area contributed by atoms with E-state index >= 15 is 0 Å². The van der Waals surface area contributed by atoms with Crippen LogP contribution in [0.15, 0.2) is 15.7 Å². The van der Waals surface area contributed by atoms with Gasteiger partial charge in [-0.05, 0) is 23.9 Å². The molecule has 0 bridgehead atoms. The highest BCUT2D eigenvalue weighted by Crippen LogP contribution is 2.27. The van der Waals surface area contributed by atoms with Crippen LogP contribution in [-0.2, 0) is 4.79 Å². The zero-order valence-electron chi connectivity index (χ0n) is 9.11. The second kappa shape index (κ2) is 5.19. The van der Waals surface area contributed by atoms with Crippen LogP contribution >= 0.6 is 23.1 Å². The molecule has 1 saturated heterocycles. The number of carbonyl (C=O) groups is 1. The summed E-state index contributed by atoms with van der Waals surface area (Å²) in [6.07, 6.45) is -0.330. The molecule has 1 fully saturated rings. The molecule has 2 rings (SSSR count). The number of hydrogen-bond acceptors (Lipinski definition) is 3. The van der Waals surface area contributed by atoms with Crippen molar-refractivity contribution in [2.24, 2.45) is 0 Å². The summed E-state index contributed by atoms with van der Waals surface area (Å²) >= 11 is 3.39. The predicted molar refractivity (Wildman–Crippen MR) is 65.6 cm³/mol. The molecule has 2 nitrogen and oxygen atoms in total. The Labute approximate surface area is 103 Å². The number of carbonyl (C=O) groups excluding carboxylic acids is 1. The summed E-state index contributed by atoms with van der Waals surface area (Å²) in [5, 5.41) is 2.10. The van der Waals surface area contributed by atoms with E-state index in [-0.39, 0.29) is 5.91 Å². The van der Waals surface area contributed by atoms with Gasteiger partial charge in [-0.15, -0.1) is 23.1 Å². The van der Waals surface area contributed by atoms with Gasteiger partial charge in [-0.2, -0.15) is 0 Å². The average molecular weight is 259 g/mol. The van der Waals surface area contributed by atoms with Gasteiger partial charge < -0.3 is 4.90 Å². The van der Waals surface area contributed by atoms with Crippen molar-refractivity contribution < 1.29 is 9.18 Å².